The number of carbonyl (C=O) groups is 2. The third-order valence-corrected chi connectivity index (χ3v) is 8.43. The Morgan fingerprint density at radius 3 is 2.12 bits per heavy atom. The van der Waals surface area contributed by atoms with E-state index in [1.54, 1.807) is 28.6 Å². The second-order valence-electron chi connectivity index (χ2n) is 9.72. The molecule has 1 saturated carbocycles. The Labute approximate surface area is 191 Å². The number of benzene rings is 1. The Morgan fingerprint density at radius 2 is 1.56 bits per heavy atom. The zero-order chi connectivity index (χ0) is 22.9. The fraction of sp³-hybridized carbons (Fsp3) is 0.652. The van der Waals surface area contributed by atoms with Crippen LogP contribution in [0.2, 0.25) is 0 Å². The topological polar surface area (TPSA) is 90.0 Å². The van der Waals surface area contributed by atoms with Crippen LogP contribution < -0.4 is 5.32 Å². The lowest BCUT2D eigenvalue weighted by Crippen LogP contribution is -2.50. The van der Waals surface area contributed by atoms with E-state index < -0.39 is 10.0 Å². The van der Waals surface area contributed by atoms with Gasteiger partial charge in [-0.2, -0.15) is 4.31 Å². The molecule has 32 heavy (non-hydrogen) atoms. The fourth-order valence-corrected chi connectivity index (χ4v) is 6.46. The molecule has 2 heterocycles. The summed E-state index contributed by atoms with van der Waals surface area (Å²) in [4.78, 5) is 28.8. The van der Waals surface area contributed by atoms with Gasteiger partial charge in [0.25, 0.3) is 0 Å². The highest BCUT2D eigenvalue weighted by Crippen LogP contribution is 2.31. The van der Waals surface area contributed by atoms with Crippen molar-refractivity contribution in [3.63, 3.8) is 0 Å². The molecule has 0 aromatic heterocycles. The van der Waals surface area contributed by atoms with Gasteiger partial charge < -0.3 is 10.2 Å². The van der Waals surface area contributed by atoms with Crippen molar-refractivity contribution in [1.29, 1.82) is 0 Å². The summed E-state index contributed by atoms with van der Waals surface area (Å²) in [6, 6.07) is 6.43. The Hall–Kier alpha value is -1.97. The highest BCUT2D eigenvalue weighted by Gasteiger charge is 2.35. The van der Waals surface area contributed by atoms with Gasteiger partial charge in [0.05, 0.1) is 11.4 Å². The molecular weight excluding hydrogens is 428 g/mol. The molecule has 0 bridgehead atoms. The van der Waals surface area contributed by atoms with E-state index in [1.807, 2.05) is 9.80 Å². The Balaban J connectivity index is 1.28. The molecule has 1 aromatic rings. The van der Waals surface area contributed by atoms with Crippen molar-refractivity contribution in [2.24, 2.45) is 17.8 Å². The molecule has 2 aliphatic heterocycles. The smallest absolute Gasteiger partial charge is 0.243 e. The molecule has 2 atom stereocenters. The molecule has 176 valence electrons. The van der Waals surface area contributed by atoms with Crippen LogP contribution in [0.25, 0.3) is 0 Å². The van der Waals surface area contributed by atoms with E-state index in [9.17, 15) is 18.0 Å². The average molecular weight is 463 g/mol. The predicted molar refractivity (Wildman–Crippen MR) is 123 cm³/mol. The molecule has 0 spiro atoms. The second-order valence-corrected chi connectivity index (χ2v) is 11.7. The van der Waals surface area contributed by atoms with E-state index in [4.69, 9.17) is 0 Å². The number of hydrogen-bond donors (Lipinski definition) is 1. The average Bonchev–Trinajstić information content (AvgIpc) is 3.59. The number of carbonyl (C=O) groups excluding carboxylic acids is 2. The van der Waals surface area contributed by atoms with E-state index in [2.05, 4.69) is 19.2 Å². The summed E-state index contributed by atoms with van der Waals surface area (Å²) in [7, 11) is -3.53. The summed E-state index contributed by atoms with van der Waals surface area (Å²) in [6.07, 6.45) is 3.07. The summed E-state index contributed by atoms with van der Waals surface area (Å²) >= 11 is 0. The molecule has 3 fully saturated rings. The first-order valence-electron chi connectivity index (χ1n) is 11.6. The summed E-state index contributed by atoms with van der Waals surface area (Å²) in [5.74, 6) is 1.05. The summed E-state index contributed by atoms with van der Waals surface area (Å²) < 4.78 is 27.6. The SMILES string of the molecule is C[C@@H]1C[C@@H](C)CN(S(=O)(=O)c2ccc(NC(=O)CN3CCN(C(=O)C4CC4)CC3)cc2)C1. The third kappa shape index (κ3) is 5.50. The number of hydrogen-bond acceptors (Lipinski definition) is 5. The molecular formula is C23H34N4O4S. The maximum Gasteiger partial charge on any atom is 0.243 e. The van der Waals surface area contributed by atoms with Crippen LogP contribution in [-0.2, 0) is 19.6 Å². The minimum Gasteiger partial charge on any atom is -0.340 e. The number of sulfonamides is 1. The van der Waals surface area contributed by atoms with Crippen molar-refractivity contribution in [3.8, 4) is 0 Å². The Kier molecular flexibility index (Phi) is 6.88. The summed E-state index contributed by atoms with van der Waals surface area (Å²) in [5, 5.41) is 2.85. The van der Waals surface area contributed by atoms with Crippen LogP contribution in [-0.4, -0.2) is 80.2 Å². The number of nitrogens with one attached hydrogen (secondary N) is 1. The fourth-order valence-electron chi connectivity index (χ4n) is 4.78. The van der Waals surface area contributed by atoms with Gasteiger partial charge in [-0.05, 0) is 55.4 Å². The third-order valence-electron chi connectivity index (χ3n) is 6.59. The van der Waals surface area contributed by atoms with Crippen molar-refractivity contribution >= 4 is 27.5 Å². The molecule has 9 heteroatoms. The van der Waals surface area contributed by atoms with Gasteiger partial charge >= 0.3 is 0 Å². The molecule has 2 saturated heterocycles. The van der Waals surface area contributed by atoms with Crippen LogP contribution in [0, 0.1) is 17.8 Å². The Morgan fingerprint density at radius 1 is 0.969 bits per heavy atom. The first-order chi connectivity index (χ1) is 15.2. The van der Waals surface area contributed by atoms with Crippen LogP contribution in [0.4, 0.5) is 5.69 Å². The standard InChI is InChI=1S/C23H34N4O4S/c1-17-13-18(2)15-27(14-17)32(30,31)21-7-5-20(6-8-21)24-22(28)16-25-9-11-26(12-10-25)23(29)19-3-4-19/h5-8,17-19H,3-4,9-16H2,1-2H3,(H,24,28)/t17-,18-/m1/s1. The Bertz CT molecular complexity index is 927. The van der Waals surface area contributed by atoms with E-state index in [0.29, 0.717) is 56.8 Å². The van der Waals surface area contributed by atoms with E-state index in [0.717, 1.165) is 19.3 Å². The molecule has 2 amide bonds. The lowest BCUT2D eigenvalue weighted by molar-refractivity contribution is -0.134. The molecule has 8 nitrogen and oxygen atoms in total. The number of rotatable bonds is 6. The van der Waals surface area contributed by atoms with Gasteiger partial charge in [0.1, 0.15) is 0 Å². The second kappa shape index (κ2) is 9.49. The minimum absolute atomic E-state index is 0.138. The van der Waals surface area contributed by atoms with Gasteiger partial charge in [-0.3, -0.25) is 14.5 Å². The van der Waals surface area contributed by atoms with Crippen LogP contribution in [0.5, 0.6) is 0 Å². The molecule has 0 radical (unpaired) electrons. The molecule has 1 aromatic carbocycles. The molecule has 3 aliphatic rings. The van der Waals surface area contributed by atoms with Crippen LogP contribution in [0.3, 0.4) is 0 Å². The quantitative estimate of drug-likeness (QED) is 0.697. The summed E-state index contributed by atoms with van der Waals surface area (Å²) in [5.41, 5.74) is 0.580. The lowest BCUT2D eigenvalue weighted by Gasteiger charge is -2.34. The molecule has 0 unspecified atom stereocenters. The predicted octanol–water partition coefficient (Wildman–Crippen LogP) is 1.85. The lowest BCUT2D eigenvalue weighted by atomic mass is 9.94. The highest BCUT2D eigenvalue weighted by atomic mass is 32.2. The first-order valence-corrected chi connectivity index (χ1v) is 13.1. The van der Waals surface area contributed by atoms with Crippen LogP contribution in [0.15, 0.2) is 29.2 Å². The number of nitrogens with zero attached hydrogens (tertiary/aromatic N) is 3. The normalized spacial score (nSPS) is 25.5. The maximum atomic E-state index is 13.0. The van der Waals surface area contributed by atoms with Gasteiger partial charge in [0.15, 0.2) is 0 Å². The number of piperidine rings is 1. The molecule has 1 aliphatic carbocycles. The highest BCUT2D eigenvalue weighted by molar-refractivity contribution is 7.89. The van der Waals surface area contributed by atoms with Gasteiger partial charge in [0.2, 0.25) is 21.8 Å². The van der Waals surface area contributed by atoms with E-state index in [-0.39, 0.29) is 29.2 Å². The van der Waals surface area contributed by atoms with Crippen molar-refractivity contribution in [1.82, 2.24) is 14.1 Å². The van der Waals surface area contributed by atoms with Crippen LogP contribution in [0.1, 0.15) is 33.1 Å². The number of anilines is 1. The van der Waals surface area contributed by atoms with Gasteiger partial charge in [0, 0.05) is 50.9 Å². The maximum absolute atomic E-state index is 13.0. The zero-order valence-corrected chi connectivity index (χ0v) is 19.8. The summed E-state index contributed by atoms with van der Waals surface area (Å²) in [6.45, 7) is 8.24. The van der Waals surface area contributed by atoms with E-state index in [1.165, 1.54) is 0 Å². The van der Waals surface area contributed by atoms with Crippen molar-refractivity contribution in [2.75, 3.05) is 51.1 Å². The van der Waals surface area contributed by atoms with Crippen molar-refractivity contribution < 1.29 is 18.0 Å². The largest absolute Gasteiger partial charge is 0.340 e. The minimum atomic E-state index is -3.53. The van der Waals surface area contributed by atoms with E-state index >= 15 is 0 Å². The van der Waals surface area contributed by atoms with Crippen molar-refractivity contribution in [2.45, 2.75) is 38.0 Å². The number of amides is 2. The zero-order valence-electron chi connectivity index (χ0n) is 19.0. The first kappa shape index (κ1) is 23.2. The van der Waals surface area contributed by atoms with Crippen LogP contribution >= 0.6 is 0 Å². The van der Waals surface area contributed by atoms with Gasteiger partial charge in [-0.1, -0.05) is 13.8 Å². The molecule has 1 N–H and O–H groups in total. The number of piperazine rings is 1. The monoisotopic (exact) mass is 462 g/mol. The molecule has 4 rings (SSSR count). The van der Waals surface area contributed by atoms with Gasteiger partial charge in [-0.25, -0.2) is 8.42 Å². The van der Waals surface area contributed by atoms with Crippen molar-refractivity contribution in [3.05, 3.63) is 24.3 Å². The van der Waals surface area contributed by atoms with Gasteiger partial charge in [-0.15, -0.1) is 0 Å².